The maximum atomic E-state index is 5.04. The molecule has 0 spiro atoms. The summed E-state index contributed by atoms with van der Waals surface area (Å²) in [6, 6.07) is 2.14. The van der Waals surface area contributed by atoms with Gasteiger partial charge < -0.3 is 10.1 Å². The van der Waals surface area contributed by atoms with Crippen molar-refractivity contribution in [2.75, 3.05) is 12.4 Å². The third-order valence-corrected chi connectivity index (χ3v) is 2.46. The molecule has 90 valence electrons. The molecule has 0 bridgehead atoms. The molecule has 1 heterocycles. The Morgan fingerprint density at radius 1 is 1.44 bits per heavy atom. The predicted octanol–water partition coefficient (Wildman–Crippen LogP) is 2.87. The summed E-state index contributed by atoms with van der Waals surface area (Å²) in [5, 5.41) is 3.27. The van der Waals surface area contributed by atoms with E-state index in [4.69, 9.17) is 4.74 Å². The minimum atomic E-state index is 0.402. The Morgan fingerprint density at radius 2 is 2.25 bits per heavy atom. The van der Waals surface area contributed by atoms with Crippen molar-refractivity contribution in [1.29, 1.82) is 0 Å². The molecule has 0 aliphatic rings. The lowest BCUT2D eigenvalue weighted by Gasteiger charge is -2.13. The number of hydrogen-bond acceptors (Lipinski definition) is 4. The number of rotatable bonds is 7. The molecule has 0 amide bonds. The molecule has 1 atom stereocenters. The molecule has 0 radical (unpaired) electrons. The minimum absolute atomic E-state index is 0.402. The molecular weight excluding hydrogens is 202 g/mol. The van der Waals surface area contributed by atoms with Crippen molar-refractivity contribution < 1.29 is 4.74 Å². The lowest BCUT2D eigenvalue weighted by Crippen LogP contribution is -2.16. The Labute approximate surface area is 97.5 Å². The van der Waals surface area contributed by atoms with Gasteiger partial charge in [0.25, 0.3) is 0 Å². The zero-order valence-electron chi connectivity index (χ0n) is 10.4. The average Bonchev–Trinajstić information content (AvgIpc) is 2.29. The van der Waals surface area contributed by atoms with Crippen LogP contribution in [0, 0.1) is 0 Å². The van der Waals surface area contributed by atoms with Crippen LogP contribution in [0.2, 0.25) is 0 Å². The molecule has 0 fully saturated rings. The fourth-order valence-corrected chi connectivity index (χ4v) is 1.52. The van der Waals surface area contributed by atoms with Crippen molar-refractivity contribution in [2.24, 2.45) is 0 Å². The summed E-state index contributed by atoms with van der Waals surface area (Å²) < 4.78 is 5.04. The second-order valence-electron chi connectivity index (χ2n) is 3.96. The Balaban J connectivity index is 2.39. The second kappa shape index (κ2) is 7.04. The standard InChI is InChI=1S/C12H21N3O/c1-4-5-6-7-10(2)14-12-13-9-8-11(15-12)16-3/h8-10H,4-7H2,1-3H3,(H,13,14,15). The van der Waals surface area contributed by atoms with Gasteiger partial charge in [-0.25, -0.2) is 4.98 Å². The number of hydrogen-bond donors (Lipinski definition) is 1. The molecule has 0 saturated carbocycles. The van der Waals surface area contributed by atoms with E-state index in [1.54, 1.807) is 19.4 Å². The van der Waals surface area contributed by atoms with Crippen LogP contribution in [0.5, 0.6) is 5.88 Å². The third kappa shape index (κ3) is 4.47. The molecule has 1 aromatic heterocycles. The van der Waals surface area contributed by atoms with Gasteiger partial charge in [-0.1, -0.05) is 26.2 Å². The molecule has 16 heavy (non-hydrogen) atoms. The maximum Gasteiger partial charge on any atom is 0.226 e. The molecule has 4 nitrogen and oxygen atoms in total. The second-order valence-corrected chi connectivity index (χ2v) is 3.96. The van der Waals surface area contributed by atoms with Crippen molar-refractivity contribution in [3.05, 3.63) is 12.3 Å². The van der Waals surface area contributed by atoms with Gasteiger partial charge in [0.2, 0.25) is 11.8 Å². The van der Waals surface area contributed by atoms with E-state index in [0.29, 0.717) is 17.9 Å². The number of aromatic nitrogens is 2. The lowest BCUT2D eigenvalue weighted by atomic mass is 10.1. The Bertz CT molecular complexity index is 304. The molecule has 0 aromatic carbocycles. The predicted molar refractivity (Wildman–Crippen MR) is 65.8 cm³/mol. The molecule has 1 aromatic rings. The summed E-state index contributed by atoms with van der Waals surface area (Å²) in [6.45, 7) is 4.36. The van der Waals surface area contributed by atoms with Crippen LogP contribution in [0.1, 0.15) is 39.5 Å². The molecule has 1 N–H and O–H groups in total. The summed E-state index contributed by atoms with van der Waals surface area (Å²) in [7, 11) is 1.61. The Hall–Kier alpha value is -1.32. The Kier molecular flexibility index (Phi) is 5.61. The quantitative estimate of drug-likeness (QED) is 0.722. The van der Waals surface area contributed by atoms with Crippen LogP contribution in [0.4, 0.5) is 5.95 Å². The van der Waals surface area contributed by atoms with Crippen LogP contribution in [-0.4, -0.2) is 23.1 Å². The van der Waals surface area contributed by atoms with Gasteiger partial charge in [0.15, 0.2) is 0 Å². The fraction of sp³-hybridized carbons (Fsp3) is 0.667. The van der Waals surface area contributed by atoms with E-state index >= 15 is 0 Å². The van der Waals surface area contributed by atoms with Crippen LogP contribution in [0.25, 0.3) is 0 Å². The average molecular weight is 223 g/mol. The highest BCUT2D eigenvalue weighted by Crippen LogP contribution is 2.11. The molecule has 0 saturated heterocycles. The molecular formula is C12H21N3O. The first-order valence-corrected chi connectivity index (χ1v) is 5.89. The van der Waals surface area contributed by atoms with E-state index in [1.807, 2.05) is 0 Å². The van der Waals surface area contributed by atoms with Crippen molar-refractivity contribution >= 4 is 5.95 Å². The fourth-order valence-electron chi connectivity index (χ4n) is 1.52. The first-order chi connectivity index (χ1) is 7.76. The van der Waals surface area contributed by atoms with Gasteiger partial charge in [-0.2, -0.15) is 4.98 Å². The summed E-state index contributed by atoms with van der Waals surface area (Å²) in [4.78, 5) is 8.37. The summed E-state index contributed by atoms with van der Waals surface area (Å²) in [5.74, 6) is 1.24. The van der Waals surface area contributed by atoms with Gasteiger partial charge in [-0.15, -0.1) is 0 Å². The van der Waals surface area contributed by atoms with E-state index < -0.39 is 0 Å². The van der Waals surface area contributed by atoms with E-state index in [1.165, 1.54) is 19.3 Å². The molecule has 1 unspecified atom stereocenters. The number of unbranched alkanes of at least 4 members (excludes halogenated alkanes) is 2. The molecule has 0 aliphatic heterocycles. The van der Waals surface area contributed by atoms with Crippen molar-refractivity contribution in [3.63, 3.8) is 0 Å². The number of methoxy groups -OCH3 is 1. The van der Waals surface area contributed by atoms with Gasteiger partial charge in [0, 0.05) is 18.3 Å². The van der Waals surface area contributed by atoms with E-state index in [2.05, 4.69) is 29.1 Å². The number of nitrogens with one attached hydrogen (secondary N) is 1. The van der Waals surface area contributed by atoms with Crippen molar-refractivity contribution in [2.45, 2.75) is 45.6 Å². The SMILES string of the molecule is CCCCCC(C)Nc1nccc(OC)n1. The van der Waals surface area contributed by atoms with Crippen LogP contribution in [0.15, 0.2) is 12.3 Å². The molecule has 1 rings (SSSR count). The van der Waals surface area contributed by atoms with E-state index in [0.717, 1.165) is 6.42 Å². The van der Waals surface area contributed by atoms with Crippen LogP contribution >= 0.6 is 0 Å². The zero-order valence-corrected chi connectivity index (χ0v) is 10.4. The normalized spacial score (nSPS) is 12.2. The first-order valence-electron chi connectivity index (χ1n) is 5.89. The summed E-state index contributed by atoms with van der Waals surface area (Å²) in [5.41, 5.74) is 0. The van der Waals surface area contributed by atoms with Gasteiger partial charge in [-0.05, 0) is 13.3 Å². The number of nitrogens with zero attached hydrogens (tertiary/aromatic N) is 2. The molecule has 0 aliphatic carbocycles. The maximum absolute atomic E-state index is 5.04. The van der Waals surface area contributed by atoms with Gasteiger partial charge in [0.05, 0.1) is 7.11 Å². The monoisotopic (exact) mass is 223 g/mol. The number of anilines is 1. The van der Waals surface area contributed by atoms with Crippen molar-refractivity contribution in [1.82, 2.24) is 9.97 Å². The van der Waals surface area contributed by atoms with Crippen molar-refractivity contribution in [3.8, 4) is 5.88 Å². The molecule has 4 heteroatoms. The summed E-state index contributed by atoms with van der Waals surface area (Å²) >= 11 is 0. The van der Waals surface area contributed by atoms with E-state index in [-0.39, 0.29) is 0 Å². The highest BCUT2D eigenvalue weighted by molar-refractivity contribution is 5.28. The van der Waals surface area contributed by atoms with Gasteiger partial charge in [0.1, 0.15) is 0 Å². The van der Waals surface area contributed by atoms with Crippen LogP contribution in [0.3, 0.4) is 0 Å². The smallest absolute Gasteiger partial charge is 0.226 e. The van der Waals surface area contributed by atoms with Gasteiger partial charge >= 0.3 is 0 Å². The largest absolute Gasteiger partial charge is 0.481 e. The first kappa shape index (κ1) is 12.7. The topological polar surface area (TPSA) is 47.0 Å². The van der Waals surface area contributed by atoms with E-state index in [9.17, 15) is 0 Å². The van der Waals surface area contributed by atoms with Gasteiger partial charge in [-0.3, -0.25) is 0 Å². The van der Waals surface area contributed by atoms with Crippen LogP contribution < -0.4 is 10.1 Å². The highest BCUT2D eigenvalue weighted by atomic mass is 16.5. The third-order valence-electron chi connectivity index (χ3n) is 2.46. The number of ether oxygens (including phenoxy) is 1. The summed E-state index contributed by atoms with van der Waals surface area (Å²) in [6.07, 6.45) is 6.63. The zero-order chi connectivity index (χ0) is 11.8. The highest BCUT2D eigenvalue weighted by Gasteiger charge is 2.04. The van der Waals surface area contributed by atoms with Crippen LogP contribution in [-0.2, 0) is 0 Å². The minimum Gasteiger partial charge on any atom is -0.481 e. The lowest BCUT2D eigenvalue weighted by molar-refractivity contribution is 0.397. The Morgan fingerprint density at radius 3 is 2.94 bits per heavy atom.